The lowest BCUT2D eigenvalue weighted by Crippen LogP contribution is -2.39. The molecule has 0 aliphatic carbocycles. The molecule has 2 heterocycles. The molecule has 1 aliphatic heterocycles. The van der Waals surface area contributed by atoms with E-state index < -0.39 is 0 Å². The summed E-state index contributed by atoms with van der Waals surface area (Å²) in [6, 6.07) is 9.67. The van der Waals surface area contributed by atoms with E-state index in [0.717, 1.165) is 17.7 Å². The van der Waals surface area contributed by atoms with Crippen molar-refractivity contribution < 1.29 is 14.3 Å². The van der Waals surface area contributed by atoms with Crippen LogP contribution in [0.2, 0.25) is 0 Å². The first-order valence-electron chi connectivity index (χ1n) is 9.51. The van der Waals surface area contributed by atoms with Crippen molar-refractivity contribution in [1.82, 2.24) is 14.8 Å². The first-order chi connectivity index (χ1) is 13.5. The van der Waals surface area contributed by atoms with Crippen LogP contribution in [0.5, 0.6) is 0 Å². The van der Waals surface area contributed by atoms with E-state index in [0.29, 0.717) is 43.8 Å². The van der Waals surface area contributed by atoms with E-state index in [9.17, 15) is 9.59 Å². The highest BCUT2D eigenvalue weighted by Gasteiger charge is 2.23. The Morgan fingerprint density at radius 3 is 2.61 bits per heavy atom. The number of aromatic nitrogens is 1. The van der Waals surface area contributed by atoms with Crippen molar-refractivity contribution in [2.75, 3.05) is 38.1 Å². The molecule has 150 valence electrons. The van der Waals surface area contributed by atoms with E-state index in [2.05, 4.69) is 10.3 Å². The molecular formula is C20H26N4O3S. The minimum Gasteiger partial charge on any atom is -0.449 e. The molecule has 1 saturated heterocycles. The number of carbonyl (C=O) groups excluding carboxylic acids is 2. The molecule has 1 aromatic heterocycles. The normalized spacial score (nSPS) is 14.7. The molecule has 0 saturated carbocycles. The van der Waals surface area contributed by atoms with Crippen LogP contribution in [-0.2, 0) is 4.74 Å². The largest absolute Gasteiger partial charge is 0.449 e. The van der Waals surface area contributed by atoms with Gasteiger partial charge in [-0.25, -0.2) is 14.6 Å². The first-order valence-corrected chi connectivity index (χ1v) is 10.4. The first kappa shape index (κ1) is 20.1. The number of benzene rings is 1. The monoisotopic (exact) mass is 402 g/mol. The number of rotatable bonds is 4. The van der Waals surface area contributed by atoms with Crippen LogP contribution >= 0.6 is 11.3 Å². The van der Waals surface area contributed by atoms with Crippen LogP contribution in [0.25, 0.3) is 11.3 Å². The Bertz CT molecular complexity index is 794. The summed E-state index contributed by atoms with van der Waals surface area (Å²) in [4.78, 5) is 32.6. The van der Waals surface area contributed by atoms with E-state index in [4.69, 9.17) is 4.74 Å². The topological polar surface area (TPSA) is 74.8 Å². The van der Waals surface area contributed by atoms with Crippen molar-refractivity contribution in [3.8, 4) is 11.3 Å². The Labute approximate surface area is 169 Å². The molecule has 7 nitrogen and oxygen atoms in total. The minimum absolute atomic E-state index is 0.189. The molecule has 0 bridgehead atoms. The Morgan fingerprint density at radius 1 is 1.14 bits per heavy atom. The number of ether oxygens (including phenoxy) is 1. The average Bonchev–Trinajstić information content (AvgIpc) is 3.01. The van der Waals surface area contributed by atoms with E-state index in [1.165, 1.54) is 11.3 Å². The summed E-state index contributed by atoms with van der Waals surface area (Å²) in [5.74, 6) is 0.303. The third kappa shape index (κ3) is 5.45. The van der Waals surface area contributed by atoms with Gasteiger partial charge < -0.3 is 14.5 Å². The second kappa shape index (κ2) is 9.54. The molecule has 1 fully saturated rings. The maximum Gasteiger partial charge on any atom is 0.409 e. The summed E-state index contributed by atoms with van der Waals surface area (Å²) in [7, 11) is 0. The van der Waals surface area contributed by atoms with E-state index in [1.54, 1.807) is 9.80 Å². The Morgan fingerprint density at radius 2 is 1.86 bits per heavy atom. The van der Waals surface area contributed by atoms with Crippen molar-refractivity contribution in [2.24, 2.45) is 5.92 Å². The van der Waals surface area contributed by atoms with Crippen molar-refractivity contribution in [2.45, 2.75) is 20.3 Å². The summed E-state index contributed by atoms with van der Waals surface area (Å²) in [5, 5.41) is 5.37. The van der Waals surface area contributed by atoms with Gasteiger partial charge >= 0.3 is 12.1 Å². The number of carbonyl (C=O) groups is 2. The molecule has 1 aromatic carbocycles. The summed E-state index contributed by atoms with van der Waals surface area (Å²) < 4.78 is 5.29. The van der Waals surface area contributed by atoms with Gasteiger partial charge in [0.25, 0.3) is 0 Å². The fourth-order valence-electron chi connectivity index (χ4n) is 2.88. The molecule has 0 radical (unpaired) electrons. The highest BCUT2D eigenvalue weighted by molar-refractivity contribution is 7.14. The predicted octanol–water partition coefficient (Wildman–Crippen LogP) is 4.14. The zero-order valence-electron chi connectivity index (χ0n) is 16.3. The summed E-state index contributed by atoms with van der Waals surface area (Å²) in [6.07, 6.45) is 0.417. The van der Waals surface area contributed by atoms with Crippen LogP contribution in [0.4, 0.5) is 14.7 Å². The molecule has 3 amide bonds. The number of urea groups is 1. The summed E-state index contributed by atoms with van der Waals surface area (Å²) >= 11 is 1.40. The maximum atomic E-state index is 12.6. The van der Waals surface area contributed by atoms with E-state index in [1.807, 2.05) is 49.6 Å². The molecular weight excluding hydrogens is 376 g/mol. The zero-order chi connectivity index (χ0) is 19.9. The molecule has 1 N–H and O–H groups in total. The van der Waals surface area contributed by atoms with Crippen molar-refractivity contribution >= 4 is 28.6 Å². The van der Waals surface area contributed by atoms with Crippen LogP contribution in [0.15, 0.2) is 35.7 Å². The van der Waals surface area contributed by atoms with Gasteiger partial charge in [0, 0.05) is 37.1 Å². The maximum absolute atomic E-state index is 12.6. The van der Waals surface area contributed by atoms with Crippen LogP contribution in [0.1, 0.15) is 20.3 Å². The van der Waals surface area contributed by atoms with Crippen LogP contribution < -0.4 is 5.32 Å². The highest BCUT2D eigenvalue weighted by Crippen LogP contribution is 2.24. The Balaban J connectivity index is 1.53. The van der Waals surface area contributed by atoms with Gasteiger partial charge in [0.1, 0.15) is 0 Å². The second-order valence-corrected chi connectivity index (χ2v) is 7.99. The Kier molecular flexibility index (Phi) is 6.86. The lowest BCUT2D eigenvalue weighted by atomic mass is 10.2. The number of nitrogens with one attached hydrogen (secondary N) is 1. The van der Waals surface area contributed by atoms with Gasteiger partial charge in [0.05, 0.1) is 12.3 Å². The number of hydrogen-bond donors (Lipinski definition) is 1. The third-order valence-electron chi connectivity index (χ3n) is 4.37. The number of anilines is 1. The molecule has 1 aliphatic rings. The van der Waals surface area contributed by atoms with Crippen LogP contribution in [-0.4, -0.2) is 59.7 Å². The van der Waals surface area contributed by atoms with Crippen molar-refractivity contribution in [3.63, 3.8) is 0 Å². The van der Waals surface area contributed by atoms with Gasteiger partial charge in [-0.2, -0.15) is 0 Å². The van der Waals surface area contributed by atoms with Gasteiger partial charge in [-0.15, -0.1) is 11.3 Å². The lowest BCUT2D eigenvalue weighted by molar-refractivity contribution is 0.0934. The molecule has 0 unspecified atom stereocenters. The lowest BCUT2D eigenvalue weighted by Gasteiger charge is -2.22. The van der Waals surface area contributed by atoms with Gasteiger partial charge in [0.2, 0.25) is 0 Å². The Hall–Kier alpha value is -2.61. The number of thiazole rings is 1. The van der Waals surface area contributed by atoms with Crippen LogP contribution in [0, 0.1) is 5.92 Å². The number of hydrogen-bond acceptors (Lipinski definition) is 5. The number of nitrogens with zero attached hydrogens (tertiary/aromatic N) is 3. The third-order valence-corrected chi connectivity index (χ3v) is 5.13. The molecule has 8 heteroatoms. The molecule has 28 heavy (non-hydrogen) atoms. The molecule has 2 aromatic rings. The summed E-state index contributed by atoms with van der Waals surface area (Å²) in [5.41, 5.74) is 1.86. The van der Waals surface area contributed by atoms with Gasteiger partial charge in [0.15, 0.2) is 5.13 Å². The molecule has 0 spiro atoms. The summed E-state index contributed by atoms with van der Waals surface area (Å²) in [6.45, 7) is 6.55. The molecule has 3 rings (SSSR count). The second-order valence-electron chi connectivity index (χ2n) is 7.13. The fourth-order valence-corrected chi connectivity index (χ4v) is 3.58. The minimum atomic E-state index is -0.302. The van der Waals surface area contributed by atoms with E-state index in [-0.39, 0.29) is 12.1 Å². The quantitative estimate of drug-likeness (QED) is 0.834. The molecule has 0 atom stereocenters. The van der Waals surface area contributed by atoms with Crippen molar-refractivity contribution in [3.05, 3.63) is 35.7 Å². The zero-order valence-corrected chi connectivity index (χ0v) is 17.1. The smallest absolute Gasteiger partial charge is 0.409 e. The van der Waals surface area contributed by atoms with E-state index >= 15 is 0 Å². The van der Waals surface area contributed by atoms with Gasteiger partial charge in [-0.05, 0) is 12.3 Å². The number of amides is 3. The predicted molar refractivity (Wildman–Crippen MR) is 111 cm³/mol. The average molecular weight is 403 g/mol. The fraction of sp³-hybridized carbons (Fsp3) is 0.450. The standard InChI is InChI=1S/C20H26N4O3S/c1-15(2)13-27-20(26)24-10-6-9-23(11-12-24)19(25)22-18-21-17(14-28-18)16-7-4-3-5-8-16/h3-5,7-8,14-15H,6,9-13H2,1-2H3,(H,21,22,25). The van der Waals surface area contributed by atoms with Gasteiger partial charge in [-0.3, -0.25) is 5.32 Å². The van der Waals surface area contributed by atoms with Crippen molar-refractivity contribution in [1.29, 1.82) is 0 Å². The highest BCUT2D eigenvalue weighted by atomic mass is 32.1. The van der Waals surface area contributed by atoms with Crippen LogP contribution in [0.3, 0.4) is 0 Å². The van der Waals surface area contributed by atoms with Gasteiger partial charge in [-0.1, -0.05) is 44.2 Å². The SMILES string of the molecule is CC(C)COC(=O)N1CCCN(C(=O)Nc2nc(-c3ccccc3)cs2)CC1.